The molecule has 8 heteroatoms. The first-order valence-corrected chi connectivity index (χ1v) is 8.16. The number of hydrogen-bond donors (Lipinski definition) is 1. The normalized spacial score (nSPS) is 18.4. The van der Waals surface area contributed by atoms with Crippen LogP contribution < -0.4 is 10.9 Å². The molecule has 1 aromatic heterocycles. The van der Waals surface area contributed by atoms with E-state index in [4.69, 9.17) is 0 Å². The molecule has 0 spiro atoms. The first kappa shape index (κ1) is 17.6. The molecule has 1 aromatic carbocycles. The van der Waals surface area contributed by atoms with Gasteiger partial charge in [0.15, 0.2) is 5.78 Å². The van der Waals surface area contributed by atoms with Crippen LogP contribution in [0.25, 0.3) is 10.9 Å². The predicted octanol–water partition coefficient (Wildman–Crippen LogP) is 2.52. The molecule has 0 unspecified atom stereocenters. The monoisotopic (exact) mass is 353 g/mol. The lowest BCUT2D eigenvalue weighted by atomic mass is 10.00. The molecule has 25 heavy (non-hydrogen) atoms. The third kappa shape index (κ3) is 4.07. The van der Waals surface area contributed by atoms with Crippen LogP contribution in [0.4, 0.5) is 13.2 Å². The standard InChI is InChI=1S/C17H18F3N3O2/c18-17(19,20)11-4-5-15-14(7-11)16(25)23(10-22-15)9-13(24)8-12-3-1-2-6-21-12/h4-5,7,10,12,21H,1-3,6,8-9H2/t12-/m0/s1. The molecular weight excluding hydrogens is 335 g/mol. The number of carbonyl (C=O) groups is 1. The SMILES string of the molecule is O=C(C[C@@H]1CCCCN1)Cn1cnc2ccc(C(F)(F)F)cc2c1=O. The van der Waals surface area contributed by atoms with E-state index in [9.17, 15) is 22.8 Å². The Bertz CT molecular complexity index is 839. The van der Waals surface area contributed by atoms with Crippen molar-refractivity contribution in [1.82, 2.24) is 14.9 Å². The Morgan fingerprint density at radius 3 is 2.80 bits per heavy atom. The Morgan fingerprint density at radius 2 is 2.12 bits per heavy atom. The van der Waals surface area contributed by atoms with Crippen molar-refractivity contribution in [2.75, 3.05) is 6.54 Å². The average molecular weight is 353 g/mol. The molecule has 1 atom stereocenters. The van der Waals surface area contributed by atoms with Crippen LogP contribution >= 0.6 is 0 Å². The average Bonchev–Trinajstić information content (AvgIpc) is 2.57. The van der Waals surface area contributed by atoms with E-state index in [0.717, 1.165) is 48.6 Å². The van der Waals surface area contributed by atoms with Crippen molar-refractivity contribution in [3.05, 3.63) is 40.4 Å². The Morgan fingerprint density at radius 1 is 1.32 bits per heavy atom. The summed E-state index contributed by atoms with van der Waals surface area (Å²) in [5.74, 6) is -0.144. The number of fused-ring (bicyclic) bond motifs is 1. The number of nitrogens with one attached hydrogen (secondary N) is 1. The maximum absolute atomic E-state index is 12.8. The summed E-state index contributed by atoms with van der Waals surface area (Å²) < 4.78 is 39.6. The van der Waals surface area contributed by atoms with Gasteiger partial charge in [-0.2, -0.15) is 13.2 Å². The number of rotatable bonds is 4. The van der Waals surface area contributed by atoms with Crippen LogP contribution in [0.5, 0.6) is 0 Å². The third-order valence-electron chi connectivity index (χ3n) is 4.38. The van der Waals surface area contributed by atoms with Gasteiger partial charge in [-0.05, 0) is 37.6 Å². The van der Waals surface area contributed by atoms with Gasteiger partial charge in [-0.15, -0.1) is 0 Å². The van der Waals surface area contributed by atoms with Gasteiger partial charge in [0, 0.05) is 12.5 Å². The van der Waals surface area contributed by atoms with E-state index in [1.807, 2.05) is 0 Å². The van der Waals surface area contributed by atoms with Crippen molar-refractivity contribution in [1.29, 1.82) is 0 Å². The van der Waals surface area contributed by atoms with Gasteiger partial charge < -0.3 is 5.32 Å². The van der Waals surface area contributed by atoms with Gasteiger partial charge in [0.2, 0.25) is 0 Å². The van der Waals surface area contributed by atoms with E-state index in [2.05, 4.69) is 10.3 Å². The second kappa shape index (κ2) is 6.95. The molecule has 1 aliphatic rings. The number of piperidine rings is 1. The zero-order valence-electron chi connectivity index (χ0n) is 13.5. The Balaban J connectivity index is 1.82. The van der Waals surface area contributed by atoms with E-state index < -0.39 is 17.3 Å². The maximum atomic E-state index is 12.8. The Labute approximate surface area is 141 Å². The van der Waals surface area contributed by atoms with Crippen molar-refractivity contribution in [3.8, 4) is 0 Å². The van der Waals surface area contributed by atoms with Crippen molar-refractivity contribution < 1.29 is 18.0 Å². The third-order valence-corrected chi connectivity index (χ3v) is 4.38. The van der Waals surface area contributed by atoms with E-state index in [1.165, 1.54) is 6.33 Å². The van der Waals surface area contributed by atoms with Crippen molar-refractivity contribution in [2.24, 2.45) is 0 Å². The number of carbonyl (C=O) groups excluding carboxylic acids is 1. The summed E-state index contributed by atoms with van der Waals surface area (Å²) in [5, 5.41) is 3.12. The van der Waals surface area contributed by atoms with Crippen molar-refractivity contribution in [3.63, 3.8) is 0 Å². The highest BCUT2D eigenvalue weighted by Gasteiger charge is 2.30. The number of halogens is 3. The number of benzene rings is 1. The zero-order chi connectivity index (χ0) is 18.0. The van der Waals surface area contributed by atoms with Crippen molar-refractivity contribution in [2.45, 2.75) is 44.4 Å². The summed E-state index contributed by atoms with van der Waals surface area (Å²) in [5.41, 5.74) is -1.37. The number of aromatic nitrogens is 2. The molecule has 1 aliphatic heterocycles. The first-order valence-electron chi connectivity index (χ1n) is 8.16. The first-order chi connectivity index (χ1) is 11.8. The molecule has 0 aliphatic carbocycles. The summed E-state index contributed by atoms with van der Waals surface area (Å²) >= 11 is 0. The Kier molecular flexibility index (Phi) is 4.89. The quantitative estimate of drug-likeness (QED) is 0.917. The van der Waals surface area contributed by atoms with E-state index >= 15 is 0 Å². The largest absolute Gasteiger partial charge is 0.416 e. The summed E-state index contributed by atoms with van der Waals surface area (Å²) in [4.78, 5) is 28.6. The van der Waals surface area contributed by atoms with Crippen LogP contribution in [0.2, 0.25) is 0 Å². The zero-order valence-corrected chi connectivity index (χ0v) is 13.5. The highest BCUT2D eigenvalue weighted by Crippen LogP contribution is 2.30. The van der Waals surface area contributed by atoms with E-state index in [1.54, 1.807) is 0 Å². The molecule has 1 saturated heterocycles. The summed E-state index contributed by atoms with van der Waals surface area (Å²) in [7, 11) is 0. The van der Waals surface area contributed by atoms with Gasteiger partial charge >= 0.3 is 6.18 Å². The highest BCUT2D eigenvalue weighted by atomic mass is 19.4. The molecule has 0 amide bonds. The van der Waals surface area contributed by atoms with Gasteiger partial charge in [-0.3, -0.25) is 14.2 Å². The fourth-order valence-electron chi connectivity index (χ4n) is 3.08. The lowest BCUT2D eigenvalue weighted by Crippen LogP contribution is -2.37. The number of ketones is 1. The lowest BCUT2D eigenvalue weighted by Gasteiger charge is -2.22. The molecule has 2 heterocycles. The fraction of sp³-hybridized carbons (Fsp3) is 0.471. The Hall–Kier alpha value is -2.22. The van der Waals surface area contributed by atoms with Crippen molar-refractivity contribution >= 4 is 16.7 Å². The van der Waals surface area contributed by atoms with Crippen LogP contribution in [-0.4, -0.2) is 27.9 Å². The number of alkyl halides is 3. The molecule has 0 radical (unpaired) electrons. The highest BCUT2D eigenvalue weighted by molar-refractivity contribution is 5.81. The predicted molar refractivity (Wildman–Crippen MR) is 86.3 cm³/mol. The molecule has 3 rings (SSSR count). The van der Waals surface area contributed by atoms with Gasteiger partial charge in [0.05, 0.1) is 29.3 Å². The molecule has 134 valence electrons. The molecule has 1 fully saturated rings. The van der Waals surface area contributed by atoms with Crippen LogP contribution in [0, 0.1) is 0 Å². The molecule has 5 nitrogen and oxygen atoms in total. The second-order valence-corrected chi connectivity index (χ2v) is 6.30. The van der Waals surface area contributed by atoms with Gasteiger partial charge in [-0.1, -0.05) is 6.42 Å². The smallest absolute Gasteiger partial charge is 0.314 e. The minimum Gasteiger partial charge on any atom is -0.314 e. The molecule has 0 bridgehead atoms. The topological polar surface area (TPSA) is 64.0 Å². The fourth-order valence-corrected chi connectivity index (χ4v) is 3.08. The molecule has 1 N–H and O–H groups in total. The van der Waals surface area contributed by atoms with Gasteiger partial charge in [-0.25, -0.2) is 4.98 Å². The molecular formula is C17H18F3N3O2. The summed E-state index contributed by atoms with van der Waals surface area (Å²) in [6, 6.07) is 2.94. The van der Waals surface area contributed by atoms with E-state index in [0.29, 0.717) is 6.42 Å². The lowest BCUT2D eigenvalue weighted by molar-refractivity contribution is -0.137. The minimum atomic E-state index is -4.54. The van der Waals surface area contributed by atoms with Gasteiger partial charge in [0.25, 0.3) is 5.56 Å². The molecule has 2 aromatic rings. The molecule has 0 saturated carbocycles. The second-order valence-electron chi connectivity index (χ2n) is 6.30. The minimum absolute atomic E-state index is 0.0993. The van der Waals surface area contributed by atoms with Crippen LogP contribution in [-0.2, 0) is 17.5 Å². The van der Waals surface area contributed by atoms with Crippen LogP contribution in [0.15, 0.2) is 29.3 Å². The van der Waals surface area contributed by atoms with Gasteiger partial charge in [0.1, 0.15) is 0 Å². The number of nitrogens with zero attached hydrogens (tertiary/aromatic N) is 2. The maximum Gasteiger partial charge on any atom is 0.416 e. The summed E-state index contributed by atoms with van der Waals surface area (Å²) in [6.45, 7) is 0.686. The van der Waals surface area contributed by atoms with E-state index in [-0.39, 0.29) is 29.3 Å². The number of Topliss-reactive ketones (excluding diaryl/α,β-unsaturated/α-hetero) is 1. The number of hydrogen-bond acceptors (Lipinski definition) is 4. The van der Waals surface area contributed by atoms with Crippen LogP contribution in [0.1, 0.15) is 31.2 Å². The summed E-state index contributed by atoms with van der Waals surface area (Å²) in [6.07, 6.45) is 0.0233. The van der Waals surface area contributed by atoms with Crippen LogP contribution in [0.3, 0.4) is 0 Å².